The number of anilines is 1. The molecule has 2 aromatic rings. The molecular formula is C24H31FN4O2. The third-order valence-electron chi connectivity index (χ3n) is 6.27. The third kappa shape index (κ3) is 6.32. The van der Waals surface area contributed by atoms with Crippen LogP contribution in [-0.2, 0) is 16.1 Å². The molecule has 0 saturated carbocycles. The summed E-state index contributed by atoms with van der Waals surface area (Å²) in [5.41, 5.74) is 1.72. The fraction of sp³-hybridized carbons (Fsp3) is 0.500. The van der Waals surface area contributed by atoms with Crippen LogP contribution in [0.1, 0.15) is 25.0 Å². The number of ether oxygens (including phenoxy) is 1. The molecule has 0 unspecified atom stereocenters. The van der Waals surface area contributed by atoms with Crippen molar-refractivity contribution in [2.24, 2.45) is 5.92 Å². The predicted molar refractivity (Wildman–Crippen MR) is 118 cm³/mol. The van der Waals surface area contributed by atoms with Crippen LogP contribution >= 0.6 is 0 Å². The molecule has 166 valence electrons. The number of benzene rings is 1. The van der Waals surface area contributed by atoms with E-state index in [1.165, 1.54) is 12.1 Å². The van der Waals surface area contributed by atoms with E-state index in [4.69, 9.17) is 4.74 Å². The van der Waals surface area contributed by atoms with Gasteiger partial charge in [0.25, 0.3) is 0 Å². The van der Waals surface area contributed by atoms with E-state index in [1.807, 2.05) is 18.3 Å². The highest BCUT2D eigenvalue weighted by molar-refractivity contribution is 5.90. The van der Waals surface area contributed by atoms with Crippen LogP contribution in [0.4, 0.5) is 10.1 Å². The first-order chi connectivity index (χ1) is 15.2. The lowest BCUT2D eigenvalue weighted by atomic mass is 9.86. The van der Waals surface area contributed by atoms with E-state index >= 15 is 0 Å². The fourth-order valence-corrected chi connectivity index (χ4v) is 4.71. The highest BCUT2D eigenvalue weighted by Crippen LogP contribution is 2.28. The maximum Gasteiger partial charge on any atom is 0.224 e. The number of piperidine rings is 1. The number of pyridine rings is 1. The monoisotopic (exact) mass is 426 g/mol. The SMILES string of the molecule is O=C(CC[C@H]1CN(Cc2ccccn2)CC[C@H]1N1CCOCC1)Nc1ccc(F)cc1. The normalized spacial score (nSPS) is 22.9. The molecule has 1 amide bonds. The predicted octanol–water partition coefficient (Wildman–Crippen LogP) is 3.16. The summed E-state index contributed by atoms with van der Waals surface area (Å²) in [5.74, 6) is 0.0882. The van der Waals surface area contributed by atoms with Crippen molar-refractivity contribution in [1.29, 1.82) is 0 Å². The van der Waals surface area contributed by atoms with Gasteiger partial charge < -0.3 is 10.1 Å². The van der Waals surface area contributed by atoms with Crippen LogP contribution < -0.4 is 5.32 Å². The number of aromatic nitrogens is 1. The van der Waals surface area contributed by atoms with E-state index in [1.54, 1.807) is 12.1 Å². The Hall–Kier alpha value is -2.35. The van der Waals surface area contributed by atoms with E-state index < -0.39 is 0 Å². The Morgan fingerprint density at radius 2 is 1.94 bits per heavy atom. The van der Waals surface area contributed by atoms with Crippen LogP contribution in [0.15, 0.2) is 48.7 Å². The summed E-state index contributed by atoms with van der Waals surface area (Å²) in [7, 11) is 0. The van der Waals surface area contributed by atoms with Gasteiger partial charge in [-0.25, -0.2) is 4.39 Å². The van der Waals surface area contributed by atoms with Crippen LogP contribution in [0, 0.1) is 11.7 Å². The first kappa shape index (κ1) is 21.9. The minimum atomic E-state index is -0.304. The summed E-state index contributed by atoms with van der Waals surface area (Å²) in [6.07, 6.45) is 4.22. The molecule has 6 nitrogen and oxygen atoms in total. The Labute approximate surface area is 183 Å². The Kier molecular flexibility index (Phi) is 7.61. The zero-order chi connectivity index (χ0) is 21.5. The summed E-state index contributed by atoms with van der Waals surface area (Å²) in [6, 6.07) is 12.4. The Morgan fingerprint density at radius 3 is 2.68 bits per heavy atom. The van der Waals surface area contributed by atoms with Crippen molar-refractivity contribution < 1.29 is 13.9 Å². The fourth-order valence-electron chi connectivity index (χ4n) is 4.71. The topological polar surface area (TPSA) is 57.7 Å². The standard InChI is InChI=1S/C24H31FN4O2/c25-20-5-7-21(8-6-20)27-24(30)9-4-19-17-28(18-22-3-1-2-11-26-22)12-10-23(19)29-13-15-31-16-14-29/h1-3,5-8,11,19,23H,4,9-10,12-18H2,(H,27,30)/t19-,23+/m0/s1. The molecule has 2 saturated heterocycles. The van der Waals surface area contributed by atoms with Gasteiger partial charge in [-0.2, -0.15) is 0 Å². The number of morpholine rings is 1. The minimum Gasteiger partial charge on any atom is -0.379 e. The van der Waals surface area contributed by atoms with Gasteiger partial charge in [-0.15, -0.1) is 0 Å². The average Bonchev–Trinajstić information content (AvgIpc) is 2.81. The quantitative estimate of drug-likeness (QED) is 0.737. The number of nitrogens with one attached hydrogen (secondary N) is 1. The molecule has 1 N–H and O–H groups in total. The van der Waals surface area contributed by atoms with Gasteiger partial charge in [-0.05, 0) is 55.2 Å². The maximum absolute atomic E-state index is 13.1. The van der Waals surface area contributed by atoms with E-state index in [0.29, 0.717) is 24.1 Å². The molecule has 1 aromatic carbocycles. The molecule has 3 heterocycles. The van der Waals surface area contributed by atoms with Gasteiger partial charge in [0.15, 0.2) is 0 Å². The number of halogens is 1. The first-order valence-corrected chi connectivity index (χ1v) is 11.2. The molecule has 1 aromatic heterocycles. The van der Waals surface area contributed by atoms with Crippen LogP contribution in [-0.4, -0.2) is 66.1 Å². The van der Waals surface area contributed by atoms with Crippen LogP contribution in [0.3, 0.4) is 0 Å². The molecule has 2 atom stereocenters. The van der Waals surface area contributed by atoms with Gasteiger partial charge in [0.1, 0.15) is 5.82 Å². The third-order valence-corrected chi connectivity index (χ3v) is 6.27. The van der Waals surface area contributed by atoms with E-state index in [-0.39, 0.29) is 11.7 Å². The molecule has 7 heteroatoms. The van der Waals surface area contributed by atoms with Crippen molar-refractivity contribution >= 4 is 11.6 Å². The molecule has 0 spiro atoms. The zero-order valence-electron chi connectivity index (χ0n) is 17.9. The second-order valence-corrected chi connectivity index (χ2v) is 8.41. The molecule has 31 heavy (non-hydrogen) atoms. The highest BCUT2D eigenvalue weighted by atomic mass is 19.1. The molecule has 0 radical (unpaired) electrons. The molecule has 0 aliphatic carbocycles. The highest BCUT2D eigenvalue weighted by Gasteiger charge is 2.34. The zero-order valence-corrected chi connectivity index (χ0v) is 17.9. The Bertz CT molecular complexity index is 827. The Morgan fingerprint density at radius 1 is 1.13 bits per heavy atom. The number of nitrogens with zero attached hydrogens (tertiary/aromatic N) is 3. The van der Waals surface area contributed by atoms with Gasteiger partial charge >= 0.3 is 0 Å². The maximum atomic E-state index is 13.1. The van der Waals surface area contributed by atoms with E-state index in [2.05, 4.69) is 26.2 Å². The van der Waals surface area contributed by atoms with Gasteiger partial charge in [0.05, 0.1) is 18.9 Å². The largest absolute Gasteiger partial charge is 0.379 e. The van der Waals surface area contributed by atoms with Crippen molar-refractivity contribution in [3.05, 3.63) is 60.2 Å². The van der Waals surface area contributed by atoms with Crippen molar-refractivity contribution in [1.82, 2.24) is 14.8 Å². The Balaban J connectivity index is 1.36. The number of amides is 1. The summed E-state index contributed by atoms with van der Waals surface area (Å²) < 4.78 is 18.6. The summed E-state index contributed by atoms with van der Waals surface area (Å²) in [4.78, 5) is 22.0. The summed E-state index contributed by atoms with van der Waals surface area (Å²) in [5, 5.41) is 2.89. The molecule has 0 bridgehead atoms. The number of hydrogen-bond donors (Lipinski definition) is 1. The smallest absolute Gasteiger partial charge is 0.224 e. The van der Waals surface area contributed by atoms with Crippen molar-refractivity contribution in [3.63, 3.8) is 0 Å². The van der Waals surface area contributed by atoms with Gasteiger partial charge in [-0.1, -0.05) is 6.07 Å². The molecule has 4 rings (SSSR count). The number of carbonyl (C=O) groups is 1. The van der Waals surface area contributed by atoms with Gasteiger partial charge in [-0.3, -0.25) is 19.6 Å². The van der Waals surface area contributed by atoms with Crippen LogP contribution in [0.5, 0.6) is 0 Å². The minimum absolute atomic E-state index is 0.0193. The van der Waals surface area contributed by atoms with Crippen LogP contribution in [0.25, 0.3) is 0 Å². The van der Waals surface area contributed by atoms with Gasteiger partial charge in [0.2, 0.25) is 5.91 Å². The second kappa shape index (κ2) is 10.8. The second-order valence-electron chi connectivity index (χ2n) is 8.41. The molecular weight excluding hydrogens is 395 g/mol. The number of rotatable bonds is 7. The van der Waals surface area contributed by atoms with Crippen molar-refractivity contribution in [2.45, 2.75) is 31.8 Å². The average molecular weight is 427 g/mol. The molecule has 2 aliphatic heterocycles. The first-order valence-electron chi connectivity index (χ1n) is 11.2. The van der Waals surface area contributed by atoms with E-state index in [0.717, 1.165) is 64.5 Å². The van der Waals surface area contributed by atoms with Gasteiger partial charge in [0, 0.05) is 57.1 Å². The number of likely N-dealkylation sites (tertiary alicyclic amines) is 1. The number of carbonyl (C=O) groups excluding carboxylic acids is 1. The lowest BCUT2D eigenvalue weighted by Crippen LogP contribution is -2.54. The summed E-state index contributed by atoms with van der Waals surface area (Å²) in [6.45, 7) is 6.33. The lowest BCUT2D eigenvalue weighted by Gasteiger charge is -2.45. The summed E-state index contributed by atoms with van der Waals surface area (Å²) >= 11 is 0. The molecule has 2 fully saturated rings. The molecule has 2 aliphatic rings. The van der Waals surface area contributed by atoms with Crippen molar-refractivity contribution in [3.8, 4) is 0 Å². The lowest BCUT2D eigenvalue weighted by molar-refractivity contribution is -0.116. The van der Waals surface area contributed by atoms with Crippen LogP contribution in [0.2, 0.25) is 0 Å². The number of hydrogen-bond acceptors (Lipinski definition) is 5. The van der Waals surface area contributed by atoms with Crippen molar-refractivity contribution in [2.75, 3.05) is 44.7 Å². The van der Waals surface area contributed by atoms with E-state index in [9.17, 15) is 9.18 Å².